The van der Waals surface area contributed by atoms with Crippen molar-refractivity contribution in [3.63, 3.8) is 0 Å². The van der Waals surface area contributed by atoms with E-state index in [0.29, 0.717) is 22.2 Å². The normalized spacial score (nSPS) is 15.2. The largest absolute Gasteiger partial charge is 0.293 e. The summed E-state index contributed by atoms with van der Waals surface area (Å²) in [7, 11) is 0. The van der Waals surface area contributed by atoms with Gasteiger partial charge in [0, 0.05) is 16.2 Å². The summed E-state index contributed by atoms with van der Waals surface area (Å²) in [4.78, 5) is 28.7. The molecule has 3 heterocycles. The number of halogens is 1. The molecule has 0 spiro atoms. The quantitative estimate of drug-likeness (QED) is 0.312. The Bertz CT molecular complexity index is 1550. The van der Waals surface area contributed by atoms with Gasteiger partial charge in [0.15, 0.2) is 11.3 Å². The van der Waals surface area contributed by atoms with Crippen LogP contribution in [0.4, 0.5) is 0 Å². The zero-order valence-corrected chi connectivity index (χ0v) is 19.3. The third-order valence-corrected chi connectivity index (χ3v) is 7.04. The minimum atomic E-state index is -0.00940. The summed E-state index contributed by atoms with van der Waals surface area (Å²) in [5.74, 6) is 0.750. The molecule has 1 aliphatic carbocycles. The lowest BCUT2D eigenvalue weighted by atomic mass is 9.95. The fourth-order valence-corrected chi connectivity index (χ4v) is 5.28. The van der Waals surface area contributed by atoms with E-state index in [2.05, 4.69) is 15.9 Å². The summed E-state index contributed by atoms with van der Waals surface area (Å²) >= 11 is 3.51. The van der Waals surface area contributed by atoms with E-state index in [1.165, 1.54) is 6.42 Å². The summed E-state index contributed by atoms with van der Waals surface area (Å²) in [5, 5.41) is 0.553. The zero-order chi connectivity index (χ0) is 21.8. The molecule has 0 atom stereocenters. The number of fused-ring (bicyclic) bond motifs is 4. The zero-order valence-electron chi connectivity index (χ0n) is 17.8. The molecule has 0 aliphatic heterocycles. The van der Waals surface area contributed by atoms with Gasteiger partial charge in [0.05, 0.1) is 11.0 Å². The Morgan fingerprint density at radius 2 is 1.56 bits per heavy atom. The maximum atomic E-state index is 13.9. The van der Waals surface area contributed by atoms with Gasteiger partial charge in [-0.25, -0.2) is 15.0 Å². The topological polar surface area (TPSA) is 65.6 Å². The summed E-state index contributed by atoms with van der Waals surface area (Å²) in [5.41, 5.74) is 4.36. The average molecular weight is 488 g/mol. The molecule has 7 heteroatoms. The molecule has 6 rings (SSSR count). The molecule has 1 saturated carbocycles. The Kier molecular flexibility index (Phi) is 4.61. The second kappa shape index (κ2) is 7.52. The molecular formula is C25H22BrN5O. The molecule has 6 nitrogen and oxygen atoms in total. The number of para-hydroxylation sites is 2. The van der Waals surface area contributed by atoms with Crippen molar-refractivity contribution >= 4 is 49.2 Å². The predicted molar refractivity (Wildman–Crippen MR) is 130 cm³/mol. The molecule has 1 fully saturated rings. The van der Waals surface area contributed by atoms with Crippen molar-refractivity contribution in [1.29, 1.82) is 0 Å². The number of benzene rings is 2. The van der Waals surface area contributed by atoms with Crippen LogP contribution < -0.4 is 5.56 Å². The molecule has 2 aromatic carbocycles. The molecule has 32 heavy (non-hydrogen) atoms. The van der Waals surface area contributed by atoms with Crippen LogP contribution in [0.5, 0.6) is 0 Å². The Hall–Kier alpha value is -3.06. The second-order valence-corrected chi connectivity index (χ2v) is 9.44. The van der Waals surface area contributed by atoms with Crippen LogP contribution >= 0.6 is 15.9 Å². The summed E-state index contributed by atoms with van der Waals surface area (Å²) in [6.07, 6.45) is 5.58. The van der Waals surface area contributed by atoms with Crippen molar-refractivity contribution in [2.45, 2.75) is 45.1 Å². The van der Waals surface area contributed by atoms with Crippen LogP contribution in [0.1, 0.15) is 44.0 Å². The van der Waals surface area contributed by atoms with Gasteiger partial charge in [0.2, 0.25) is 0 Å². The van der Waals surface area contributed by atoms with Gasteiger partial charge in [-0.2, -0.15) is 0 Å². The van der Waals surface area contributed by atoms with Crippen molar-refractivity contribution < 1.29 is 0 Å². The highest BCUT2D eigenvalue weighted by Gasteiger charge is 2.25. The van der Waals surface area contributed by atoms with E-state index >= 15 is 0 Å². The molecule has 5 aromatic rings. The van der Waals surface area contributed by atoms with Gasteiger partial charge in [-0.05, 0) is 56.2 Å². The van der Waals surface area contributed by atoms with Crippen molar-refractivity contribution in [2.24, 2.45) is 0 Å². The van der Waals surface area contributed by atoms with Gasteiger partial charge >= 0.3 is 0 Å². The second-order valence-electron chi connectivity index (χ2n) is 8.52. The molecule has 0 unspecified atom stereocenters. The summed E-state index contributed by atoms with van der Waals surface area (Å²) in [6.45, 7) is 1.94. The van der Waals surface area contributed by atoms with Crippen LogP contribution in [0, 0.1) is 6.92 Å². The SMILES string of the molecule is Cc1nc2c(c(=O)n1C1CCCCC1)c1nc3ccccc3nc1n2-c1ccc(Br)cc1. The van der Waals surface area contributed by atoms with Gasteiger partial charge in [0.1, 0.15) is 16.7 Å². The maximum Gasteiger partial charge on any atom is 0.265 e. The van der Waals surface area contributed by atoms with E-state index in [-0.39, 0.29) is 11.6 Å². The highest BCUT2D eigenvalue weighted by atomic mass is 79.9. The number of aryl methyl sites for hydroxylation is 1. The van der Waals surface area contributed by atoms with Crippen molar-refractivity contribution in [3.05, 3.63) is 69.2 Å². The summed E-state index contributed by atoms with van der Waals surface area (Å²) < 4.78 is 4.86. The molecule has 0 bridgehead atoms. The highest BCUT2D eigenvalue weighted by Crippen LogP contribution is 2.32. The smallest absolute Gasteiger partial charge is 0.265 e. The van der Waals surface area contributed by atoms with E-state index in [4.69, 9.17) is 15.0 Å². The van der Waals surface area contributed by atoms with Gasteiger partial charge in [-0.1, -0.05) is 47.3 Å². The van der Waals surface area contributed by atoms with E-state index in [1.807, 2.05) is 64.6 Å². The standard InChI is InChI=1S/C25H22BrN5O/c1-15-27-23-21(25(32)30(15)17-7-3-2-4-8-17)22-24(29-20-10-6-5-9-19(20)28-22)31(23)18-13-11-16(26)12-14-18/h5-6,9-14,17H,2-4,7-8H2,1H3. The predicted octanol–water partition coefficient (Wildman–Crippen LogP) is 5.86. The lowest BCUT2D eigenvalue weighted by Crippen LogP contribution is -2.29. The first-order chi connectivity index (χ1) is 15.6. The Morgan fingerprint density at radius 1 is 0.875 bits per heavy atom. The molecule has 3 aromatic heterocycles. The van der Waals surface area contributed by atoms with Crippen LogP contribution in [-0.4, -0.2) is 24.1 Å². The highest BCUT2D eigenvalue weighted by molar-refractivity contribution is 9.10. The minimum absolute atomic E-state index is 0.00940. The van der Waals surface area contributed by atoms with Crippen LogP contribution in [0.15, 0.2) is 57.8 Å². The molecule has 1 aliphatic rings. The lowest BCUT2D eigenvalue weighted by Gasteiger charge is -2.25. The van der Waals surface area contributed by atoms with Crippen molar-refractivity contribution in [2.75, 3.05) is 0 Å². The molecule has 0 amide bonds. The Morgan fingerprint density at radius 3 is 2.28 bits per heavy atom. The van der Waals surface area contributed by atoms with Crippen LogP contribution in [-0.2, 0) is 0 Å². The number of nitrogens with zero attached hydrogens (tertiary/aromatic N) is 5. The van der Waals surface area contributed by atoms with Crippen molar-refractivity contribution in [3.8, 4) is 5.69 Å². The van der Waals surface area contributed by atoms with E-state index in [9.17, 15) is 4.79 Å². The van der Waals surface area contributed by atoms with Crippen LogP contribution in [0.2, 0.25) is 0 Å². The fourth-order valence-electron chi connectivity index (χ4n) is 5.01. The third kappa shape index (κ3) is 2.98. The van der Waals surface area contributed by atoms with Crippen LogP contribution in [0.3, 0.4) is 0 Å². The first-order valence-electron chi connectivity index (χ1n) is 11.1. The Balaban J connectivity index is 1.76. The number of hydrogen-bond acceptors (Lipinski definition) is 4. The van der Waals surface area contributed by atoms with E-state index in [0.717, 1.165) is 52.7 Å². The Labute approximate surface area is 193 Å². The van der Waals surface area contributed by atoms with E-state index < -0.39 is 0 Å². The average Bonchev–Trinajstić information content (AvgIpc) is 3.12. The molecular weight excluding hydrogens is 466 g/mol. The van der Waals surface area contributed by atoms with Gasteiger partial charge < -0.3 is 0 Å². The number of hydrogen-bond donors (Lipinski definition) is 0. The lowest BCUT2D eigenvalue weighted by molar-refractivity contribution is 0.339. The van der Waals surface area contributed by atoms with Crippen molar-refractivity contribution in [1.82, 2.24) is 24.1 Å². The third-order valence-electron chi connectivity index (χ3n) is 6.51. The monoisotopic (exact) mass is 487 g/mol. The van der Waals surface area contributed by atoms with Gasteiger partial charge in [-0.3, -0.25) is 13.9 Å². The fraction of sp³-hybridized carbons (Fsp3) is 0.280. The number of aromatic nitrogens is 5. The molecule has 0 saturated heterocycles. The minimum Gasteiger partial charge on any atom is -0.293 e. The summed E-state index contributed by atoms with van der Waals surface area (Å²) in [6, 6.07) is 16.0. The first-order valence-corrected chi connectivity index (χ1v) is 11.9. The van der Waals surface area contributed by atoms with Gasteiger partial charge in [-0.15, -0.1) is 0 Å². The van der Waals surface area contributed by atoms with Crippen LogP contribution in [0.25, 0.3) is 38.9 Å². The van der Waals surface area contributed by atoms with Gasteiger partial charge in [0.25, 0.3) is 5.56 Å². The maximum absolute atomic E-state index is 13.9. The molecule has 0 N–H and O–H groups in total. The van der Waals surface area contributed by atoms with E-state index in [1.54, 1.807) is 0 Å². The number of rotatable bonds is 2. The molecule has 160 valence electrons. The molecule has 0 radical (unpaired) electrons. The first kappa shape index (κ1) is 19.6.